The molecule has 3 aromatic carbocycles. The second-order valence-corrected chi connectivity index (χ2v) is 11.0. The zero-order valence-corrected chi connectivity index (χ0v) is 24.6. The lowest BCUT2D eigenvalue weighted by Gasteiger charge is -2.21. The number of aromatic nitrogens is 1. The van der Waals surface area contributed by atoms with Crippen molar-refractivity contribution in [3.8, 4) is 5.75 Å². The number of fused-ring (bicyclic) bond motifs is 1. The van der Waals surface area contributed by atoms with Gasteiger partial charge in [0.15, 0.2) is 5.75 Å². The van der Waals surface area contributed by atoms with E-state index in [4.69, 9.17) is 16.3 Å². The highest BCUT2D eigenvalue weighted by Gasteiger charge is 2.43. The van der Waals surface area contributed by atoms with E-state index >= 15 is 0 Å². The molecule has 0 bridgehead atoms. The van der Waals surface area contributed by atoms with E-state index in [1.807, 2.05) is 42.5 Å². The van der Waals surface area contributed by atoms with Gasteiger partial charge in [-0.3, -0.25) is 4.79 Å². The minimum atomic E-state index is -5.34. The van der Waals surface area contributed by atoms with Crippen LogP contribution in [0.25, 0.3) is 10.2 Å². The molecule has 0 aliphatic heterocycles. The number of halogens is 7. The Hall–Kier alpha value is -3.92. The fourth-order valence-corrected chi connectivity index (χ4v) is 5.39. The first-order valence-corrected chi connectivity index (χ1v) is 14.4. The van der Waals surface area contributed by atoms with E-state index in [0.717, 1.165) is 28.8 Å². The van der Waals surface area contributed by atoms with Gasteiger partial charge in [-0.1, -0.05) is 65.4 Å². The van der Waals surface area contributed by atoms with Crippen LogP contribution in [0.5, 0.6) is 5.75 Å². The van der Waals surface area contributed by atoms with Crippen LogP contribution in [0.1, 0.15) is 28.4 Å². The standard InChI is InChI=1S/C29H24ClF6N3O5S/c30-20-7-2-1-6-18(20)14-38-13-17-5-3-4-16(12-17)10-11-37-15-22(44-26(41)29(34,35)36)19-8-9-21(43-25(40)28(31,32)33)23-24(19)45-27(42)39-23/h1-9,12,22,37-38H,10-11,13-15H2,(H,39,42)/t22-/m0/s1. The Kier molecular flexibility index (Phi) is 10.9. The third-order valence-electron chi connectivity index (χ3n) is 6.35. The van der Waals surface area contributed by atoms with Crippen molar-refractivity contribution in [1.29, 1.82) is 0 Å². The predicted octanol–water partition coefficient (Wildman–Crippen LogP) is 5.98. The van der Waals surface area contributed by atoms with E-state index in [1.165, 1.54) is 0 Å². The van der Waals surface area contributed by atoms with E-state index < -0.39 is 41.0 Å². The number of aromatic amines is 1. The molecule has 0 aliphatic rings. The van der Waals surface area contributed by atoms with Crippen molar-refractivity contribution in [2.24, 2.45) is 0 Å². The maximum Gasteiger partial charge on any atom is 0.491 e. The van der Waals surface area contributed by atoms with Gasteiger partial charge in [0.05, 0.1) is 4.70 Å². The summed E-state index contributed by atoms with van der Waals surface area (Å²) in [5.41, 5.74) is 2.35. The number of hydrogen-bond acceptors (Lipinski definition) is 8. The molecule has 0 saturated heterocycles. The summed E-state index contributed by atoms with van der Waals surface area (Å²) in [5, 5.41) is 6.88. The number of rotatable bonds is 12. The van der Waals surface area contributed by atoms with Crippen LogP contribution < -0.4 is 20.2 Å². The predicted molar refractivity (Wildman–Crippen MR) is 154 cm³/mol. The Morgan fingerprint density at radius 3 is 2.31 bits per heavy atom. The molecule has 8 nitrogen and oxygen atoms in total. The molecule has 0 fully saturated rings. The van der Waals surface area contributed by atoms with Crippen molar-refractivity contribution in [2.45, 2.75) is 38.0 Å². The van der Waals surface area contributed by atoms with Gasteiger partial charge in [-0.15, -0.1) is 0 Å². The molecule has 3 N–H and O–H groups in total. The lowest BCUT2D eigenvalue weighted by atomic mass is 10.1. The molecule has 45 heavy (non-hydrogen) atoms. The van der Waals surface area contributed by atoms with Crippen molar-refractivity contribution < 1.29 is 45.4 Å². The normalized spacial score (nSPS) is 12.7. The SMILES string of the molecule is O=C(Oc1ccc([C@H](CNCCc2cccc(CNCc3ccccc3Cl)c2)OC(=O)C(F)(F)F)c2sc(=O)[nH]c12)C(F)(F)F. The molecule has 1 heterocycles. The van der Waals surface area contributed by atoms with Gasteiger partial charge >= 0.3 is 29.2 Å². The third kappa shape index (κ3) is 9.29. The summed E-state index contributed by atoms with van der Waals surface area (Å²) in [4.78, 5) is 36.6. The minimum absolute atomic E-state index is 0.114. The number of esters is 2. The monoisotopic (exact) mass is 675 g/mol. The zero-order chi connectivity index (χ0) is 32.8. The van der Waals surface area contributed by atoms with Crippen LogP contribution in [0.4, 0.5) is 26.3 Å². The Balaban J connectivity index is 1.44. The van der Waals surface area contributed by atoms with Gasteiger partial charge in [-0.05, 0) is 47.9 Å². The van der Waals surface area contributed by atoms with Gasteiger partial charge in [0, 0.05) is 30.2 Å². The maximum absolute atomic E-state index is 13.1. The van der Waals surface area contributed by atoms with Crippen molar-refractivity contribution >= 4 is 45.1 Å². The average Bonchev–Trinajstić information content (AvgIpc) is 3.37. The number of carbonyl (C=O) groups is 2. The molecule has 0 amide bonds. The Labute approximate surface area is 260 Å². The molecule has 4 rings (SSSR count). The molecular weight excluding hydrogens is 652 g/mol. The Bertz CT molecular complexity index is 1720. The van der Waals surface area contributed by atoms with E-state index in [9.17, 15) is 40.7 Å². The molecule has 240 valence electrons. The van der Waals surface area contributed by atoms with Gasteiger partial charge in [-0.2, -0.15) is 26.3 Å². The molecule has 1 aromatic heterocycles. The first kappa shape index (κ1) is 34.0. The van der Waals surface area contributed by atoms with E-state index in [0.29, 0.717) is 35.9 Å². The highest BCUT2D eigenvalue weighted by molar-refractivity contribution is 7.16. The number of ether oxygens (including phenoxy) is 2. The summed E-state index contributed by atoms with van der Waals surface area (Å²) >= 11 is 6.62. The molecule has 1 atom stereocenters. The number of carbonyl (C=O) groups excluding carboxylic acids is 2. The van der Waals surface area contributed by atoms with Crippen molar-refractivity contribution in [3.05, 3.63) is 97.6 Å². The molecular formula is C29H24ClF6N3O5S. The quantitative estimate of drug-likeness (QED) is 0.0734. The van der Waals surface area contributed by atoms with Crippen LogP contribution in [-0.4, -0.2) is 42.4 Å². The Morgan fingerprint density at radius 2 is 1.60 bits per heavy atom. The number of nitrogens with one attached hydrogen (secondary N) is 3. The van der Waals surface area contributed by atoms with Crippen molar-refractivity contribution in [2.75, 3.05) is 13.1 Å². The molecule has 0 saturated carbocycles. The van der Waals surface area contributed by atoms with Gasteiger partial charge in [-0.25, -0.2) is 9.59 Å². The zero-order valence-electron chi connectivity index (χ0n) is 23.0. The molecule has 16 heteroatoms. The van der Waals surface area contributed by atoms with Crippen LogP contribution in [-0.2, 0) is 33.8 Å². The van der Waals surface area contributed by atoms with Crippen molar-refractivity contribution in [3.63, 3.8) is 0 Å². The summed E-state index contributed by atoms with van der Waals surface area (Å²) in [5.74, 6) is -5.75. The lowest BCUT2D eigenvalue weighted by Crippen LogP contribution is -2.32. The van der Waals surface area contributed by atoms with E-state index in [2.05, 4.69) is 20.4 Å². The van der Waals surface area contributed by atoms with Crippen LogP contribution in [0, 0.1) is 0 Å². The second-order valence-electron chi connectivity index (χ2n) is 9.62. The number of thiazole rings is 1. The largest absolute Gasteiger partial charge is 0.491 e. The van der Waals surface area contributed by atoms with Gasteiger partial charge in [0.2, 0.25) is 0 Å². The second kappa shape index (κ2) is 14.5. The summed E-state index contributed by atoms with van der Waals surface area (Å²) in [6.07, 6.45) is -11.9. The third-order valence-corrected chi connectivity index (χ3v) is 7.65. The summed E-state index contributed by atoms with van der Waals surface area (Å²) < 4.78 is 86.4. The van der Waals surface area contributed by atoms with E-state index in [-0.39, 0.29) is 28.9 Å². The van der Waals surface area contributed by atoms with Gasteiger partial charge in [0.1, 0.15) is 11.6 Å². The summed E-state index contributed by atoms with van der Waals surface area (Å²) in [6, 6.07) is 16.9. The fourth-order valence-electron chi connectivity index (χ4n) is 4.28. The smallest absolute Gasteiger partial charge is 0.449 e. The number of hydrogen-bond donors (Lipinski definition) is 3. The van der Waals surface area contributed by atoms with Crippen LogP contribution in [0.3, 0.4) is 0 Å². The molecule has 4 aromatic rings. The topological polar surface area (TPSA) is 110 Å². The number of alkyl halides is 6. The van der Waals surface area contributed by atoms with Crippen molar-refractivity contribution in [1.82, 2.24) is 15.6 Å². The average molecular weight is 676 g/mol. The summed E-state index contributed by atoms with van der Waals surface area (Å²) in [7, 11) is 0. The maximum atomic E-state index is 13.1. The number of benzene rings is 3. The van der Waals surface area contributed by atoms with Crippen LogP contribution in [0.15, 0.2) is 65.5 Å². The first-order chi connectivity index (χ1) is 21.2. The van der Waals surface area contributed by atoms with Gasteiger partial charge < -0.3 is 25.1 Å². The minimum Gasteiger partial charge on any atom is -0.449 e. The highest BCUT2D eigenvalue weighted by atomic mass is 35.5. The highest BCUT2D eigenvalue weighted by Crippen LogP contribution is 2.35. The molecule has 0 aliphatic carbocycles. The number of H-pyrrole nitrogens is 1. The first-order valence-electron chi connectivity index (χ1n) is 13.2. The molecule has 0 radical (unpaired) electrons. The lowest BCUT2D eigenvalue weighted by molar-refractivity contribution is -0.205. The van der Waals surface area contributed by atoms with Crippen LogP contribution in [0.2, 0.25) is 5.02 Å². The molecule has 0 unspecified atom stereocenters. The fraction of sp³-hybridized carbons (Fsp3) is 0.276. The van der Waals surface area contributed by atoms with E-state index in [1.54, 1.807) is 6.07 Å². The van der Waals surface area contributed by atoms with Gasteiger partial charge in [0.25, 0.3) is 0 Å². The Morgan fingerprint density at radius 1 is 0.889 bits per heavy atom. The van der Waals surface area contributed by atoms with Crippen LogP contribution >= 0.6 is 22.9 Å². The summed E-state index contributed by atoms with van der Waals surface area (Å²) in [6.45, 7) is 0.998. The molecule has 0 spiro atoms.